The fourth-order valence-electron chi connectivity index (χ4n) is 2.05. The summed E-state index contributed by atoms with van der Waals surface area (Å²) in [6.45, 7) is 5.31. The van der Waals surface area contributed by atoms with E-state index >= 15 is 0 Å². The number of benzene rings is 1. The van der Waals surface area contributed by atoms with E-state index in [2.05, 4.69) is 22.9 Å². The molecule has 1 aromatic carbocycles. The molecule has 0 bridgehead atoms. The van der Waals surface area contributed by atoms with Gasteiger partial charge in [-0.3, -0.25) is 11.9 Å². The number of rotatable bonds is 2. The molecule has 1 aromatic rings. The average molecular weight is 238 g/mol. The minimum absolute atomic E-state index is 0.873. The van der Waals surface area contributed by atoms with E-state index < -0.39 is 0 Å². The Hall–Kier alpha value is -0.570. The standard InChI is InChI=1S/C13H18ClN2/c1-15-7-4-8-16(10-9-15)11-12-5-2-3-6-13(12)14/h2-3,5-6H,1,4,7-11H2/q-1. The number of halogens is 1. The van der Waals surface area contributed by atoms with Crippen LogP contribution in [-0.2, 0) is 6.54 Å². The minimum Gasteiger partial charge on any atom is -0.458 e. The lowest BCUT2D eigenvalue weighted by Crippen LogP contribution is -2.28. The first-order valence-corrected chi connectivity index (χ1v) is 6.15. The Morgan fingerprint density at radius 2 is 1.94 bits per heavy atom. The van der Waals surface area contributed by atoms with Gasteiger partial charge in [-0.2, -0.15) is 0 Å². The largest absolute Gasteiger partial charge is 0.458 e. The van der Waals surface area contributed by atoms with Crippen LogP contribution in [0.1, 0.15) is 12.0 Å². The second-order valence-corrected chi connectivity index (χ2v) is 4.75. The minimum atomic E-state index is 0.873. The smallest absolute Gasteiger partial charge is 0.0451 e. The molecule has 1 heterocycles. The van der Waals surface area contributed by atoms with E-state index in [9.17, 15) is 0 Å². The van der Waals surface area contributed by atoms with Crippen LogP contribution in [0.3, 0.4) is 0 Å². The van der Waals surface area contributed by atoms with Gasteiger partial charge >= 0.3 is 0 Å². The lowest BCUT2D eigenvalue weighted by atomic mass is 10.2. The van der Waals surface area contributed by atoms with Gasteiger partial charge in [-0.15, -0.1) is 0 Å². The van der Waals surface area contributed by atoms with Crippen LogP contribution in [0.15, 0.2) is 24.3 Å². The zero-order valence-electron chi connectivity index (χ0n) is 9.53. The quantitative estimate of drug-likeness (QED) is 0.730. The lowest BCUT2D eigenvalue weighted by molar-refractivity contribution is 0.274. The van der Waals surface area contributed by atoms with E-state index in [1.165, 1.54) is 12.0 Å². The van der Waals surface area contributed by atoms with E-state index in [1.807, 2.05) is 18.2 Å². The van der Waals surface area contributed by atoms with Gasteiger partial charge in [0.05, 0.1) is 0 Å². The molecule has 1 aliphatic rings. The van der Waals surface area contributed by atoms with E-state index in [1.54, 1.807) is 0 Å². The molecule has 1 fully saturated rings. The summed E-state index contributed by atoms with van der Waals surface area (Å²) in [5, 5.41) is 0.873. The zero-order chi connectivity index (χ0) is 11.4. The number of hydrogen-bond acceptors (Lipinski definition) is 2. The summed E-state index contributed by atoms with van der Waals surface area (Å²) in [7, 11) is 4.00. The highest BCUT2D eigenvalue weighted by Crippen LogP contribution is 2.17. The van der Waals surface area contributed by atoms with Gasteiger partial charge < -0.3 is 4.90 Å². The van der Waals surface area contributed by atoms with Crippen LogP contribution >= 0.6 is 11.6 Å². The Morgan fingerprint density at radius 3 is 2.75 bits per heavy atom. The fourth-order valence-corrected chi connectivity index (χ4v) is 2.25. The fraction of sp³-hybridized carbons (Fsp3) is 0.462. The molecule has 1 saturated heterocycles. The molecule has 88 valence electrons. The van der Waals surface area contributed by atoms with Crippen molar-refractivity contribution in [3.63, 3.8) is 0 Å². The average Bonchev–Trinajstić information content (AvgIpc) is 2.47. The van der Waals surface area contributed by atoms with E-state index in [-0.39, 0.29) is 0 Å². The van der Waals surface area contributed by atoms with Gasteiger partial charge in [-0.25, -0.2) is 0 Å². The van der Waals surface area contributed by atoms with Crippen molar-refractivity contribution < 1.29 is 0 Å². The summed E-state index contributed by atoms with van der Waals surface area (Å²) in [6, 6.07) is 8.09. The number of hydrogen-bond donors (Lipinski definition) is 0. The van der Waals surface area contributed by atoms with Crippen LogP contribution in [0.4, 0.5) is 0 Å². The highest BCUT2D eigenvalue weighted by Gasteiger charge is 2.11. The van der Waals surface area contributed by atoms with Crippen molar-refractivity contribution in [3.05, 3.63) is 41.9 Å². The summed E-state index contributed by atoms with van der Waals surface area (Å²) in [5.74, 6) is 0. The topological polar surface area (TPSA) is 6.48 Å². The molecule has 0 amide bonds. The monoisotopic (exact) mass is 237 g/mol. The summed E-state index contributed by atoms with van der Waals surface area (Å²) >= 11 is 6.16. The first kappa shape index (κ1) is 11.9. The first-order chi connectivity index (χ1) is 7.75. The maximum atomic E-state index is 6.16. The Bertz CT molecular complexity index is 340. The van der Waals surface area contributed by atoms with Gasteiger partial charge in [-0.1, -0.05) is 29.8 Å². The maximum absolute atomic E-state index is 6.16. The first-order valence-electron chi connectivity index (χ1n) is 5.77. The van der Waals surface area contributed by atoms with Gasteiger partial charge in [0.25, 0.3) is 0 Å². The predicted octanol–water partition coefficient (Wildman–Crippen LogP) is 2.64. The van der Waals surface area contributed by atoms with Crippen molar-refractivity contribution in [1.29, 1.82) is 0 Å². The normalized spacial score (nSPS) is 19.6. The molecule has 2 rings (SSSR count). The van der Waals surface area contributed by atoms with E-state index in [4.69, 9.17) is 11.6 Å². The van der Waals surface area contributed by atoms with E-state index in [0.29, 0.717) is 0 Å². The third kappa shape index (κ3) is 3.21. The molecule has 0 spiro atoms. The second-order valence-electron chi connectivity index (χ2n) is 4.34. The number of nitrogens with zero attached hydrogens (tertiary/aromatic N) is 2. The zero-order valence-corrected chi connectivity index (χ0v) is 10.3. The van der Waals surface area contributed by atoms with Gasteiger partial charge in [0, 0.05) is 18.1 Å². The molecule has 1 aliphatic heterocycles. The molecule has 16 heavy (non-hydrogen) atoms. The van der Waals surface area contributed by atoms with Crippen molar-refractivity contribution >= 4 is 11.6 Å². The van der Waals surface area contributed by atoms with Crippen LogP contribution in [0, 0.1) is 7.05 Å². The Balaban J connectivity index is 1.96. The molecule has 0 saturated carbocycles. The Labute approximate surface area is 103 Å². The van der Waals surface area contributed by atoms with Crippen LogP contribution in [0.25, 0.3) is 0 Å². The Kier molecular flexibility index (Phi) is 4.22. The van der Waals surface area contributed by atoms with Crippen LogP contribution in [0.5, 0.6) is 0 Å². The Morgan fingerprint density at radius 1 is 1.12 bits per heavy atom. The second kappa shape index (κ2) is 5.67. The molecule has 3 heteroatoms. The van der Waals surface area contributed by atoms with Crippen LogP contribution in [0.2, 0.25) is 5.02 Å². The van der Waals surface area contributed by atoms with Crippen molar-refractivity contribution in [3.8, 4) is 0 Å². The molecule has 0 radical (unpaired) electrons. The van der Waals surface area contributed by atoms with Gasteiger partial charge in [-0.05, 0) is 37.7 Å². The van der Waals surface area contributed by atoms with Crippen LogP contribution in [-0.4, -0.2) is 36.0 Å². The van der Waals surface area contributed by atoms with E-state index in [0.717, 1.165) is 37.7 Å². The molecule has 0 unspecified atom stereocenters. The van der Waals surface area contributed by atoms with Crippen molar-refractivity contribution in [2.45, 2.75) is 13.0 Å². The summed E-state index contributed by atoms with van der Waals surface area (Å²) < 4.78 is 0. The molecule has 0 atom stereocenters. The SMILES string of the molecule is [CH2-]N1CCCN(Cc2ccccc2Cl)CC1. The van der Waals surface area contributed by atoms with Gasteiger partial charge in [0.1, 0.15) is 0 Å². The summed E-state index contributed by atoms with van der Waals surface area (Å²) in [6.07, 6.45) is 1.19. The molecular weight excluding hydrogens is 220 g/mol. The highest BCUT2D eigenvalue weighted by atomic mass is 35.5. The van der Waals surface area contributed by atoms with Crippen molar-refractivity contribution in [1.82, 2.24) is 9.80 Å². The van der Waals surface area contributed by atoms with Gasteiger partial charge in [0.2, 0.25) is 0 Å². The molecule has 2 nitrogen and oxygen atoms in total. The molecule has 0 N–H and O–H groups in total. The summed E-state index contributed by atoms with van der Waals surface area (Å²) in [5.41, 5.74) is 1.22. The lowest BCUT2D eigenvalue weighted by Gasteiger charge is -2.23. The molecule has 0 aromatic heterocycles. The van der Waals surface area contributed by atoms with Gasteiger partial charge in [0.15, 0.2) is 0 Å². The maximum Gasteiger partial charge on any atom is 0.0451 e. The van der Waals surface area contributed by atoms with Crippen molar-refractivity contribution in [2.24, 2.45) is 0 Å². The third-order valence-electron chi connectivity index (χ3n) is 3.03. The molecule has 0 aliphatic carbocycles. The third-order valence-corrected chi connectivity index (χ3v) is 3.40. The van der Waals surface area contributed by atoms with Crippen molar-refractivity contribution in [2.75, 3.05) is 26.2 Å². The molecular formula is C13H18ClN2-. The summed E-state index contributed by atoms with van der Waals surface area (Å²) in [4.78, 5) is 4.60. The predicted molar refractivity (Wildman–Crippen MR) is 68.3 cm³/mol. The van der Waals surface area contributed by atoms with Crippen LogP contribution < -0.4 is 0 Å². The highest BCUT2D eigenvalue weighted by molar-refractivity contribution is 6.31.